The summed E-state index contributed by atoms with van der Waals surface area (Å²) in [5.41, 5.74) is 2.14. The van der Waals surface area contributed by atoms with Crippen LogP contribution < -0.4 is 25.4 Å². The number of anilines is 3. The molecule has 0 aliphatic carbocycles. The van der Waals surface area contributed by atoms with Gasteiger partial charge in [-0.3, -0.25) is 9.59 Å². The van der Waals surface area contributed by atoms with E-state index >= 15 is 0 Å². The van der Waals surface area contributed by atoms with Gasteiger partial charge in [-0.2, -0.15) is 17.6 Å². The number of pyridine rings is 1. The maximum Gasteiger partial charge on any atom is 0.507 e. The Hall–Kier alpha value is -4.02. The van der Waals surface area contributed by atoms with Gasteiger partial charge in [-0.1, -0.05) is 0 Å². The molecule has 2 aromatic heterocycles. The topological polar surface area (TPSA) is 133 Å². The number of fused-ring (bicyclic) bond motifs is 1. The fourth-order valence-corrected chi connectivity index (χ4v) is 3.85. The highest BCUT2D eigenvalue weighted by Gasteiger charge is 2.65. The highest BCUT2D eigenvalue weighted by atomic mass is 32.1. The predicted molar refractivity (Wildman–Crippen MR) is 131 cm³/mol. The molecular weight excluding hydrogens is 550 g/mol. The van der Waals surface area contributed by atoms with Gasteiger partial charge in [0.15, 0.2) is 11.5 Å². The van der Waals surface area contributed by atoms with E-state index in [2.05, 4.69) is 35.4 Å². The first-order chi connectivity index (χ1) is 18.6. The summed E-state index contributed by atoms with van der Waals surface area (Å²) in [7, 11) is 1.52. The number of carbonyl (C=O) groups excluding carboxylic acids is 2. The van der Waals surface area contributed by atoms with Gasteiger partial charge in [-0.15, -0.1) is 11.3 Å². The monoisotopic (exact) mass is 571 g/mol. The van der Waals surface area contributed by atoms with Crippen LogP contribution in [0.1, 0.15) is 15.2 Å². The maximum atomic E-state index is 13.5. The summed E-state index contributed by atoms with van der Waals surface area (Å²) in [4.78, 5) is 33.2. The van der Waals surface area contributed by atoms with Crippen LogP contribution in [0.5, 0.6) is 11.5 Å². The van der Waals surface area contributed by atoms with Crippen LogP contribution in [-0.2, 0) is 20.8 Å². The quantitative estimate of drug-likeness (QED) is 0.231. The molecule has 0 fully saturated rings. The third-order valence-corrected chi connectivity index (χ3v) is 5.83. The highest BCUT2D eigenvalue weighted by Crippen LogP contribution is 2.47. The van der Waals surface area contributed by atoms with Crippen molar-refractivity contribution in [1.82, 2.24) is 9.97 Å². The van der Waals surface area contributed by atoms with Gasteiger partial charge >= 0.3 is 12.2 Å². The zero-order valence-electron chi connectivity index (χ0n) is 20.1. The summed E-state index contributed by atoms with van der Waals surface area (Å²) < 4.78 is 71.8. The molecule has 3 N–H and O–H groups in total. The molecule has 0 saturated carbocycles. The number of thiazole rings is 1. The Morgan fingerprint density at radius 2 is 1.77 bits per heavy atom. The van der Waals surface area contributed by atoms with Gasteiger partial charge in [-0.05, 0) is 29.8 Å². The standard InChI is InChI=1S/C23H21F4N5O6S/c1-35-6-7-36-11-18(33)32-17-8-13(4-5-28-17)10-29-20-19(39-12-30-20)21(34)31-14-2-3-15-16(9-14)38-23(26,27)22(24,25)37-15/h2-5,8-9,12,29H,6-7,10-11H2,1H3,(H,31,34)(H,28,32,33). The van der Waals surface area contributed by atoms with E-state index in [1.165, 1.54) is 24.9 Å². The van der Waals surface area contributed by atoms with E-state index in [1.54, 1.807) is 12.1 Å². The van der Waals surface area contributed by atoms with Crippen molar-refractivity contribution in [2.24, 2.45) is 0 Å². The third-order valence-electron chi connectivity index (χ3n) is 5.01. The molecule has 2 amide bonds. The first-order valence-corrected chi connectivity index (χ1v) is 12.0. The number of hydrogen-bond acceptors (Lipinski definition) is 10. The van der Waals surface area contributed by atoms with E-state index in [1.807, 2.05) is 0 Å². The number of ether oxygens (including phenoxy) is 4. The summed E-state index contributed by atoms with van der Waals surface area (Å²) in [6.07, 6.45) is -8.23. The lowest BCUT2D eigenvalue weighted by molar-refractivity contribution is -0.391. The minimum atomic E-state index is -4.88. The van der Waals surface area contributed by atoms with Gasteiger partial charge < -0.3 is 34.9 Å². The van der Waals surface area contributed by atoms with Crippen LogP contribution in [0.2, 0.25) is 0 Å². The van der Waals surface area contributed by atoms with Crippen LogP contribution in [0.4, 0.5) is 34.9 Å². The molecular formula is C23H21F4N5O6S. The van der Waals surface area contributed by atoms with Crippen LogP contribution in [-0.4, -0.2) is 60.9 Å². The number of methoxy groups -OCH3 is 1. The summed E-state index contributed by atoms with van der Waals surface area (Å²) >= 11 is 1.01. The second kappa shape index (κ2) is 11.8. The molecule has 3 heterocycles. The van der Waals surface area contributed by atoms with Gasteiger partial charge in [0.25, 0.3) is 11.8 Å². The second-order valence-electron chi connectivity index (χ2n) is 7.88. The number of benzene rings is 1. The van der Waals surface area contributed by atoms with E-state index in [4.69, 9.17) is 9.47 Å². The minimum Gasteiger partial charge on any atom is -0.421 e. The van der Waals surface area contributed by atoms with Gasteiger partial charge in [-0.25, -0.2) is 9.97 Å². The zero-order valence-corrected chi connectivity index (χ0v) is 21.0. The van der Waals surface area contributed by atoms with Crippen molar-refractivity contribution in [2.45, 2.75) is 18.8 Å². The first kappa shape index (κ1) is 28.0. The van der Waals surface area contributed by atoms with Gasteiger partial charge in [0, 0.05) is 31.6 Å². The number of halogens is 4. The number of alkyl halides is 4. The predicted octanol–water partition coefficient (Wildman–Crippen LogP) is 3.96. The van der Waals surface area contributed by atoms with Crippen molar-refractivity contribution >= 4 is 40.5 Å². The van der Waals surface area contributed by atoms with E-state index in [9.17, 15) is 27.2 Å². The fourth-order valence-electron chi connectivity index (χ4n) is 3.19. The van der Waals surface area contributed by atoms with Gasteiger partial charge in [0.05, 0.1) is 18.7 Å². The fraction of sp³-hybridized carbons (Fsp3) is 0.304. The van der Waals surface area contributed by atoms with Gasteiger partial charge in [0.2, 0.25) is 0 Å². The van der Waals surface area contributed by atoms with E-state index in [-0.39, 0.29) is 36.1 Å². The molecule has 16 heteroatoms. The van der Waals surface area contributed by atoms with Crippen molar-refractivity contribution < 1.29 is 46.1 Å². The smallest absolute Gasteiger partial charge is 0.421 e. The molecule has 39 heavy (non-hydrogen) atoms. The highest BCUT2D eigenvalue weighted by molar-refractivity contribution is 7.12. The number of aromatic nitrogens is 2. The van der Waals surface area contributed by atoms with Gasteiger partial charge in [0.1, 0.15) is 23.1 Å². The number of hydrogen-bond donors (Lipinski definition) is 3. The lowest BCUT2D eigenvalue weighted by Crippen LogP contribution is -2.52. The Morgan fingerprint density at radius 3 is 2.54 bits per heavy atom. The Labute approximate surface area is 222 Å². The molecule has 0 radical (unpaired) electrons. The molecule has 11 nitrogen and oxygen atoms in total. The van der Waals surface area contributed by atoms with Crippen molar-refractivity contribution in [1.29, 1.82) is 0 Å². The van der Waals surface area contributed by atoms with Crippen molar-refractivity contribution in [3.8, 4) is 11.5 Å². The second-order valence-corrected chi connectivity index (χ2v) is 8.73. The molecule has 1 aliphatic rings. The average Bonchev–Trinajstić information content (AvgIpc) is 3.35. The zero-order chi connectivity index (χ0) is 28.0. The molecule has 0 bridgehead atoms. The molecule has 0 atom stereocenters. The molecule has 0 spiro atoms. The molecule has 0 unspecified atom stereocenters. The number of amides is 2. The SMILES string of the molecule is COCCOCC(=O)Nc1cc(CNc2ncsc2C(=O)Nc2ccc3c(c2)OC(F)(F)C(F)(F)O3)ccn1. The third kappa shape index (κ3) is 6.90. The molecule has 3 aromatic rings. The molecule has 1 aromatic carbocycles. The van der Waals surface area contributed by atoms with Crippen molar-refractivity contribution in [2.75, 3.05) is 42.9 Å². The Kier molecular flexibility index (Phi) is 8.47. The average molecular weight is 572 g/mol. The van der Waals surface area contributed by atoms with Crippen LogP contribution in [0.3, 0.4) is 0 Å². The van der Waals surface area contributed by atoms with E-state index in [0.29, 0.717) is 18.0 Å². The number of nitrogens with one attached hydrogen (secondary N) is 3. The maximum absolute atomic E-state index is 13.5. The van der Waals surface area contributed by atoms with Crippen LogP contribution in [0, 0.1) is 0 Å². The van der Waals surface area contributed by atoms with Crippen LogP contribution >= 0.6 is 11.3 Å². The summed E-state index contributed by atoms with van der Waals surface area (Å²) in [5, 5.41) is 8.10. The molecule has 208 valence electrons. The number of carbonyl (C=O) groups is 2. The van der Waals surface area contributed by atoms with Crippen LogP contribution in [0.25, 0.3) is 0 Å². The van der Waals surface area contributed by atoms with Crippen molar-refractivity contribution in [3.05, 3.63) is 52.5 Å². The Balaban J connectivity index is 1.35. The van der Waals surface area contributed by atoms with Crippen LogP contribution in [0.15, 0.2) is 42.0 Å². The normalized spacial score (nSPS) is 14.9. The van der Waals surface area contributed by atoms with Crippen molar-refractivity contribution in [3.63, 3.8) is 0 Å². The Morgan fingerprint density at radius 1 is 1.00 bits per heavy atom. The van der Waals surface area contributed by atoms with E-state index in [0.717, 1.165) is 23.5 Å². The minimum absolute atomic E-state index is 0.00318. The van der Waals surface area contributed by atoms with E-state index < -0.39 is 35.5 Å². The number of rotatable bonds is 11. The molecule has 4 rings (SSSR count). The lowest BCUT2D eigenvalue weighted by atomic mass is 10.2. The number of nitrogens with zero attached hydrogens (tertiary/aromatic N) is 2. The summed E-state index contributed by atoms with van der Waals surface area (Å²) in [5.74, 6) is -1.75. The molecule has 1 aliphatic heterocycles. The summed E-state index contributed by atoms with van der Waals surface area (Å²) in [6, 6.07) is 6.44. The summed E-state index contributed by atoms with van der Waals surface area (Å²) in [6.45, 7) is 0.685. The Bertz CT molecular complexity index is 1340. The largest absolute Gasteiger partial charge is 0.507 e. The lowest BCUT2D eigenvalue weighted by Gasteiger charge is -2.31. The first-order valence-electron chi connectivity index (χ1n) is 11.2. The molecule has 0 saturated heterocycles.